The quantitative estimate of drug-likeness (QED) is 0.363. The van der Waals surface area contributed by atoms with Crippen molar-refractivity contribution >= 4 is 23.4 Å². The lowest BCUT2D eigenvalue weighted by molar-refractivity contribution is -0.129. The second-order valence-electron chi connectivity index (χ2n) is 1.59. The summed E-state index contributed by atoms with van der Waals surface area (Å²) in [4.78, 5) is 10.1. The van der Waals surface area contributed by atoms with Gasteiger partial charge in [0, 0.05) is 6.42 Å². The zero-order valence-electron chi connectivity index (χ0n) is 5.57. The van der Waals surface area contributed by atoms with Crippen LogP contribution in [0.4, 0.5) is 0 Å². The van der Waals surface area contributed by atoms with E-state index in [0.29, 0.717) is 12.2 Å². The van der Waals surface area contributed by atoms with Crippen molar-refractivity contribution in [3.05, 3.63) is 0 Å². The van der Waals surface area contributed by atoms with Crippen molar-refractivity contribution in [1.29, 1.82) is 0 Å². The number of aliphatic carboxylic acids is 1. The van der Waals surface area contributed by atoms with Crippen molar-refractivity contribution in [3.8, 4) is 0 Å². The fraction of sp³-hybridized carbons (Fsp3) is 0.600. The van der Waals surface area contributed by atoms with Crippen molar-refractivity contribution in [2.75, 3.05) is 12.0 Å². The summed E-state index contributed by atoms with van der Waals surface area (Å²) in [5, 5.41) is 19.0. The maximum absolute atomic E-state index is 10.1. The van der Waals surface area contributed by atoms with E-state index >= 15 is 0 Å². The molecule has 0 aromatic heterocycles. The largest absolute Gasteiger partial charge is 0.477 e. The molecule has 0 aromatic rings. The zero-order chi connectivity index (χ0) is 7.98. The van der Waals surface area contributed by atoms with Crippen LogP contribution in [0.3, 0.4) is 0 Å². The molecule has 58 valence electrons. The van der Waals surface area contributed by atoms with E-state index in [2.05, 4.69) is 5.16 Å². The van der Waals surface area contributed by atoms with Crippen LogP contribution >= 0.6 is 11.8 Å². The lowest BCUT2D eigenvalue weighted by Gasteiger charge is -1.94. The molecular weight excluding hydrogens is 154 g/mol. The van der Waals surface area contributed by atoms with Gasteiger partial charge in [-0.1, -0.05) is 5.16 Å². The highest BCUT2D eigenvalue weighted by Crippen LogP contribution is 1.97. The monoisotopic (exact) mass is 163 g/mol. The highest BCUT2D eigenvalue weighted by Gasteiger charge is 2.07. The van der Waals surface area contributed by atoms with Crippen molar-refractivity contribution in [3.63, 3.8) is 0 Å². The number of oxime groups is 1. The van der Waals surface area contributed by atoms with E-state index in [9.17, 15) is 4.79 Å². The first-order chi connectivity index (χ1) is 4.72. The van der Waals surface area contributed by atoms with Gasteiger partial charge >= 0.3 is 5.97 Å². The first-order valence-electron chi connectivity index (χ1n) is 2.65. The van der Waals surface area contributed by atoms with Gasteiger partial charge in [-0.3, -0.25) is 0 Å². The molecule has 0 unspecified atom stereocenters. The molecule has 0 radical (unpaired) electrons. The molecule has 0 saturated carbocycles. The molecule has 10 heavy (non-hydrogen) atoms. The van der Waals surface area contributed by atoms with E-state index < -0.39 is 5.97 Å². The first-order valence-corrected chi connectivity index (χ1v) is 4.05. The normalized spacial score (nSPS) is 11.5. The Bertz CT molecular complexity index is 146. The Morgan fingerprint density at radius 3 is 2.60 bits per heavy atom. The average Bonchev–Trinajstić information content (AvgIpc) is 1.89. The summed E-state index contributed by atoms with van der Waals surface area (Å²) in [6.07, 6.45) is 2.16. The Balaban J connectivity index is 3.74. The Morgan fingerprint density at radius 2 is 2.30 bits per heavy atom. The summed E-state index contributed by atoms with van der Waals surface area (Å²) >= 11 is 1.51. The molecular formula is C5H9NO3S. The number of carboxylic acid groups (broad SMARTS) is 1. The van der Waals surface area contributed by atoms with Gasteiger partial charge in [0.15, 0.2) is 5.71 Å². The van der Waals surface area contributed by atoms with E-state index in [1.165, 1.54) is 11.8 Å². The fourth-order valence-corrected chi connectivity index (χ4v) is 0.796. The van der Waals surface area contributed by atoms with Gasteiger partial charge in [-0.25, -0.2) is 4.79 Å². The van der Waals surface area contributed by atoms with Crippen LogP contribution in [0.15, 0.2) is 5.16 Å². The molecule has 0 amide bonds. The van der Waals surface area contributed by atoms with Crippen LogP contribution in [-0.4, -0.2) is 34.0 Å². The molecule has 0 saturated heterocycles. The fourth-order valence-electron chi connectivity index (χ4n) is 0.398. The highest BCUT2D eigenvalue weighted by molar-refractivity contribution is 7.98. The summed E-state index contributed by atoms with van der Waals surface area (Å²) in [5.74, 6) is -0.498. The topological polar surface area (TPSA) is 69.9 Å². The molecule has 0 aliphatic heterocycles. The SMILES string of the molecule is CSCC/C(=N\O)C(=O)O. The van der Waals surface area contributed by atoms with Crippen LogP contribution < -0.4 is 0 Å². The molecule has 5 heteroatoms. The minimum Gasteiger partial charge on any atom is -0.477 e. The Labute approximate surface area is 62.9 Å². The predicted octanol–water partition coefficient (Wildman–Crippen LogP) is 0.654. The van der Waals surface area contributed by atoms with Gasteiger partial charge in [0.1, 0.15) is 0 Å². The molecule has 0 heterocycles. The van der Waals surface area contributed by atoms with Crippen LogP contribution in [0.25, 0.3) is 0 Å². The summed E-state index contributed by atoms with van der Waals surface area (Å²) in [7, 11) is 0. The number of nitrogens with zero attached hydrogens (tertiary/aromatic N) is 1. The van der Waals surface area contributed by atoms with Gasteiger partial charge in [0.25, 0.3) is 0 Å². The van der Waals surface area contributed by atoms with Crippen molar-refractivity contribution < 1.29 is 15.1 Å². The third kappa shape index (κ3) is 3.34. The number of rotatable bonds is 4. The Hall–Kier alpha value is -0.710. The number of hydrogen-bond acceptors (Lipinski definition) is 4. The molecule has 0 rings (SSSR count). The predicted molar refractivity (Wildman–Crippen MR) is 39.9 cm³/mol. The molecule has 0 atom stereocenters. The molecule has 0 fully saturated rings. The van der Waals surface area contributed by atoms with E-state index in [4.69, 9.17) is 10.3 Å². The third-order valence-corrected chi connectivity index (χ3v) is 1.52. The molecule has 0 aliphatic carbocycles. The van der Waals surface area contributed by atoms with Crippen molar-refractivity contribution in [2.45, 2.75) is 6.42 Å². The number of carboxylic acids is 1. The van der Waals surface area contributed by atoms with Crippen LogP contribution in [0, 0.1) is 0 Å². The average molecular weight is 163 g/mol. The van der Waals surface area contributed by atoms with E-state index in [1.54, 1.807) is 0 Å². The number of thioether (sulfide) groups is 1. The second-order valence-corrected chi connectivity index (χ2v) is 2.58. The number of carbonyl (C=O) groups is 1. The Kier molecular flexibility index (Phi) is 4.74. The first kappa shape index (κ1) is 9.29. The molecule has 2 N–H and O–H groups in total. The van der Waals surface area contributed by atoms with Crippen LogP contribution in [0.5, 0.6) is 0 Å². The van der Waals surface area contributed by atoms with Gasteiger partial charge in [0.05, 0.1) is 0 Å². The molecule has 0 aliphatic rings. The molecule has 0 bridgehead atoms. The van der Waals surface area contributed by atoms with Crippen molar-refractivity contribution in [1.82, 2.24) is 0 Å². The second kappa shape index (κ2) is 5.10. The van der Waals surface area contributed by atoms with Crippen LogP contribution in [-0.2, 0) is 4.79 Å². The minimum atomic E-state index is -1.16. The van der Waals surface area contributed by atoms with E-state index in [-0.39, 0.29) is 5.71 Å². The van der Waals surface area contributed by atoms with Gasteiger partial charge in [0.2, 0.25) is 0 Å². The van der Waals surface area contributed by atoms with Gasteiger partial charge in [-0.05, 0) is 12.0 Å². The highest BCUT2D eigenvalue weighted by atomic mass is 32.2. The molecule has 0 spiro atoms. The summed E-state index contributed by atoms with van der Waals surface area (Å²) in [6, 6.07) is 0. The van der Waals surface area contributed by atoms with E-state index in [0.717, 1.165) is 0 Å². The lowest BCUT2D eigenvalue weighted by Crippen LogP contribution is -2.13. The maximum atomic E-state index is 10.1. The van der Waals surface area contributed by atoms with Gasteiger partial charge < -0.3 is 10.3 Å². The van der Waals surface area contributed by atoms with Gasteiger partial charge in [-0.15, -0.1) is 0 Å². The summed E-state index contributed by atoms with van der Waals surface area (Å²) in [6.45, 7) is 0. The minimum absolute atomic E-state index is 0.186. The maximum Gasteiger partial charge on any atom is 0.353 e. The van der Waals surface area contributed by atoms with Gasteiger partial charge in [-0.2, -0.15) is 11.8 Å². The zero-order valence-corrected chi connectivity index (χ0v) is 6.39. The van der Waals surface area contributed by atoms with Crippen LogP contribution in [0.1, 0.15) is 6.42 Å². The smallest absolute Gasteiger partial charge is 0.353 e. The molecule has 0 aromatic carbocycles. The molecule has 4 nitrogen and oxygen atoms in total. The lowest BCUT2D eigenvalue weighted by atomic mass is 10.3. The third-order valence-electron chi connectivity index (χ3n) is 0.911. The van der Waals surface area contributed by atoms with Crippen LogP contribution in [0.2, 0.25) is 0 Å². The summed E-state index contributed by atoms with van der Waals surface area (Å²) in [5.41, 5.74) is -0.186. The standard InChI is InChI=1S/C5H9NO3S/c1-10-3-2-4(6-9)5(7)8/h9H,2-3H2,1H3,(H,7,8)/b6-4+. The summed E-state index contributed by atoms with van der Waals surface area (Å²) < 4.78 is 0. The Morgan fingerprint density at radius 1 is 1.70 bits per heavy atom. The number of hydrogen-bond donors (Lipinski definition) is 2. The van der Waals surface area contributed by atoms with E-state index in [1.807, 2.05) is 6.26 Å². The van der Waals surface area contributed by atoms with Crippen molar-refractivity contribution in [2.24, 2.45) is 5.16 Å².